The van der Waals surface area contributed by atoms with E-state index in [4.69, 9.17) is 4.74 Å². The molecule has 0 amide bonds. The van der Waals surface area contributed by atoms with Crippen LogP contribution in [0.2, 0.25) is 0 Å². The lowest BCUT2D eigenvalue weighted by Gasteiger charge is -2.33. The Labute approximate surface area is 110 Å². The number of aryl methyl sites for hydroxylation is 2. The van der Waals surface area contributed by atoms with E-state index < -0.39 is 0 Å². The SMILES string of the molecule is Cc1ccc(NC2CCOC(C(C)C)C2)c(C)n1. The molecule has 1 aliphatic rings. The second kappa shape index (κ2) is 5.70. The second-order valence-corrected chi connectivity index (χ2v) is 5.60. The average molecular weight is 248 g/mol. The molecule has 0 spiro atoms. The largest absolute Gasteiger partial charge is 0.381 e. The number of hydrogen-bond donors (Lipinski definition) is 1. The summed E-state index contributed by atoms with van der Waals surface area (Å²) in [7, 11) is 0. The minimum Gasteiger partial charge on any atom is -0.381 e. The third kappa shape index (κ3) is 3.22. The van der Waals surface area contributed by atoms with Gasteiger partial charge in [-0.3, -0.25) is 4.98 Å². The van der Waals surface area contributed by atoms with Gasteiger partial charge < -0.3 is 10.1 Å². The van der Waals surface area contributed by atoms with Crippen LogP contribution in [-0.4, -0.2) is 23.7 Å². The van der Waals surface area contributed by atoms with Crippen LogP contribution < -0.4 is 5.32 Å². The van der Waals surface area contributed by atoms with Crippen molar-refractivity contribution < 1.29 is 4.74 Å². The third-order valence-corrected chi connectivity index (χ3v) is 3.64. The fourth-order valence-corrected chi connectivity index (χ4v) is 2.48. The molecule has 18 heavy (non-hydrogen) atoms. The Morgan fingerprint density at radius 2 is 2.11 bits per heavy atom. The Hall–Kier alpha value is -1.09. The van der Waals surface area contributed by atoms with Crippen LogP contribution in [0.15, 0.2) is 12.1 Å². The van der Waals surface area contributed by atoms with Gasteiger partial charge in [0.25, 0.3) is 0 Å². The van der Waals surface area contributed by atoms with Crippen LogP contribution in [0.5, 0.6) is 0 Å². The molecule has 1 saturated heterocycles. The molecule has 2 heterocycles. The van der Waals surface area contributed by atoms with Crippen molar-refractivity contribution in [2.45, 2.75) is 52.7 Å². The lowest BCUT2D eigenvalue weighted by atomic mass is 9.95. The van der Waals surface area contributed by atoms with Crippen molar-refractivity contribution in [1.29, 1.82) is 0 Å². The Kier molecular flexibility index (Phi) is 4.23. The van der Waals surface area contributed by atoms with E-state index in [-0.39, 0.29) is 0 Å². The summed E-state index contributed by atoms with van der Waals surface area (Å²) < 4.78 is 5.80. The van der Waals surface area contributed by atoms with Crippen LogP contribution in [0.25, 0.3) is 0 Å². The maximum Gasteiger partial charge on any atom is 0.0617 e. The highest BCUT2D eigenvalue weighted by Crippen LogP contribution is 2.24. The molecule has 2 atom stereocenters. The zero-order valence-electron chi connectivity index (χ0n) is 11.9. The molecule has 1 aromatic rings. The van der Waals surface area contributed by atoms with Gasteiger partial charge in [-0.15, -0.1) is 0 Å². The molecule has 0 radical (unpaired) electrons. The molecule has 0 saturated carbocycles. The van der Waals surface area contributed by atoms with Crippen molar-refractivity contribution in [2.75, 3.05) is 11.9 Å². The topological polar surface area (TPSA) is 34.1 Å². The molecule has 0 aliphatic carbocycles. The van der Waals surface area contributed by atoms with E-state index in [0.29, 0.717) is 18.1 Å². The molecule has 0 aromatic carbocycles. The number of anilines is 1. The maximum absolute atomic E-state index is 5.80. The highest BCUT2D eigenvalue weighted by atomic mass is 16.5. The Bertz CT molecular complexity index is 403. The van der Waals surface area contributed by atoms with Crippen molar-refractivity contribution in [3.63, 3.8) is 0 Å². The minimum atomic E-state index is 0.384. The van der Waals surface area contributed by atoms with E-state index in [1.165, 1.54) is 0 Å². The number of nitrogens with one attached hydrogen (secondary N) is 1. The summed E-state index contributed by atoms with van der Waals surface area (Å²) in [5.74, 6) is 0.590. The Morgan fingerprint density at radius 3 is 2.78 bits per heavy atom. The van der Waals surface area contributed by atoms with Crippen molar-refractivity contribution in [3.8, 4) is 0 Å². The standard InChI is InChI=1S/C15H24N2O/c1-10(2)15-9-13(7-8-18-15)17-14-6-5-11(3)16-12(14)4/h5-6,10,13,15,17H,7-9H2,1-4H3. The summed E-state index contributed by atoms with van der Waals surface area (Å²) in [6, 6.07) is 4.71. The van der Waals surface area contributed by atoms with Crippen molar-refractivity contribution in [2.24, 2.45) is 5.92 Å². The van der Waals surface area contributed by atoms with Crippen LogP contribution in [0.4, 0.5) is 5.69 Å². The number of pyridine rings is 1. The number of aromatic nitrogens is 1. The van der Waals surface area contributed by atoms with Gasteiger partial charge in [-0.25, -0.2) is 0 Å². The summed E-state index contributed by atoms with van der Waals surface area (Å²) in [5.41, 5.74) is 3.32. The molecule has 0 bridgehead atoms. The van der Waals surface area contributed by atoms with Crippen LogP contribution in [0.1, 0.15) is 38.1 Å². The lowest BCUT2D eigenvalue weighted by Crippen LogP contribution is -2.36. The molecule has 1 N–H and O–H groups in total. The Balaban J connectivity index is 2.00. The van der Waals surface area contributed by atoms with Crippen molar-refractivity contribution in [3.05, 3.63) is 23.5 Å². The molecule has 1 fully saturated rings. The van der Waals surface area contributed by atoms with Crippen LogP contribution in [0, 0.1) is 19.8 Å². The van der Waals surface area contributed by atoms with Crippen molar-refractivity contribution >= 4 is 5.69 Å². The second-order valence-electron chi connectivity index (χ2n) is 5.60. The van der Waals surface area contributed by atoms with Gasteiger partial charge in [-0.05, 0) is 44.7 Å². The van der Waals surface area contributed by atoms with Crippen molar-refractivity contribution in [1.82, 2.24) is 4.98 Å². The van der Waals surface area contributed by atoms with E-state index in [1.807, 2.05) is 6.92 Å². The van der Waals surface area contributed by atoms with E-state index in [0.717, 1.165) is 36.5 Å². The Morgan fingerprint density at radius 1 is 1.33 bits per heavy atom. The van der Waals surface area contributed by atoms with Crippen LogP contribution >= 0.6 is 0 Å². The molecular weight excluding hydrogens is 224 g/mol. The highest BCUT2D eigenvalue weighted by molar-refractivity contribution is 5.48. The van der Waals surface area contributed by atoms with E-state index >= 15 is 0 Å². The van der Waals surface area contributed by atoms with Crippen LogP contribution in [0.3, 0.4) is 0 Å². The van der Waals surface area contributed by atoms with E-state index in [9.17, 15) is 0 Å². The van der Waals surface area contributed by atoms with Gasteiger partial charge in [-0.2, -0.15) is 0 Å². The molecule has 3 nitrogen and oxygen atoms in total. The quantitative estimate of drug-likeness (QED) is 0.891. The average Bonchev–Trinajstić information content (AvgIpc) is 2.33. The smallest absolute Gasteiger partial charge is 0.0617 e. The molecular formula is C15H24N2O. The zero-order valence-corrected chi connectivity index (χ0v) is 11.9. The summed E-state index contributed by atoms with van der Waals surface area (Å²) in [4.78, 5) is 4.50. The van der Waals surface area contributed by atoms with Gasteiger partial charge in [0.1, 0.15) is 0 Å². The first-order chi connectivity index (χ1) is 8.56. The molecule has 2 unspecified atom stereocenters. The number of ether oxygens (including phenoxy) is 1. The summed E-state index contributed by atoms with van der Waals surface area (Å²) in [6.45, 7) is 9.41. The fraction of sp³-hybridized carbons (Fsp3) is 0.667. The normalized spacial score (nSPS) is 24.3. The molecule has 2 rings (SSSR count). The summed E-state index contributed by atoms with van der Waals surface area (Å²) >= 11 is 0. The monoisotopic (exact) mass is 248 g/mol. The summed E-state index contributed by atoms with van der Waals surface area (Å²) in [5, 5.41) is 3.62. The van der Waals surface area contributed by atoms with E-state index in [1.54, 1.807) is 0 Å². The summed E-state index contributed by atoms with van der Waals surface area (Å²) in [6.07, 6.45) is 2.55. The first-order valence-electron chi connectivity index (χ1n) is 6.88. The maximum atomic E-state index is 5.80. The highest BCUT2D eigenvalue weighted by Gasteiger charge is 2.25. The molecule has 1 aromatic heterocycles. The molecule has 100 valence electrons. The molecule has 1 aliphatic heterocycles. The number of nitrogens with zero attached hydrogens (tertiary/aromatic N) is 1. The third-order valence-electron chi connectivity index (χ3n) is 3.64. The first-order valence-corrected chi connectivity index (χ1v) is 6.88. The van der Waals surface area contributed by atoms with Gasteiger partial charge in [0.2, 0.25) is 0 Å². The lowest BCUT2D eigenvalue weighted by molar-refractivity contribution is -0.0160. The van der Waals surface area contributed by atoms with Gasteiger partial charge >= 0.3 is 0 Å². The molecule has 3 heteroatoms. The first kappa shape index (κ1) is 13.3. The van der Waals surface area contributed by atoms with Crippen LogP contribution in [-0.2, 0) is 4.74 Å². The van der Waals surface area contributed by atoms with Gasteiger partial charge in [0, 0.05) is 18.3 Å². The van der Waals surface area contributed by atoms with Gasteiger partial charge in [0.15, 0.2) is 0 Å². The number of rotatable bonds is 3. The fourth-order valence-electron chi connectivity index (χ4n) is 2.48. The number of hydrogen-bond acceptors (Lipinski definition) is 3. The van der Waals surface area contributed by atoms with E-state index in [2.05, 4.69) is 43.2 Å². The van der Waals surface area contributed by atoms with Gasteiger partial charge in [0.05, 0.1) is 17.5 Å². The zero-order chi connectivity index (χ0) is 13.1. The van der Waals surface area contributed by atoms with Gasteiger partial charge in [-0.1, -0.05) is 13.8 Å². The predicted octanol–water partition coefficient (Wildman–Crippen LogP) is 3.31. The minimum absolute atomic E-state index is 0.384. The predicted molar refractivity (Wildman–Crippen MR) is 74.9 cm³/mol.